The number of Topliss-reactive ketones (excluding diaryl/α,β-unsaturated/α-hetero) is 1. The average molecular weight is 443 g/mol. The maximum Gasteiger partial charge on any atom is 0.135 e. The molecule has 0 amide bonds. The molecule has 0 unspecified atom stereocenters. The van der Waals surface area contributed by atoms with E-state index in [1.54, 1.807) is 0 Å². The maximum atomic E-state index is 13.0. The Morgan fingerprint density at radius 3 is 2.03 bits per heavy atom. The first-order chi connectivity index (χ1) is 14.7. The molecule has 2 heteroatoms. The number of ketones is 1. The fourth-order valence-electron chi connectivity index (χ4n) is 11.7. The van der Waals surface area contributed by atoms with Crippen LogP contribution in [0.15, 0.2) is 0 Å². The van der Waals surface area contributed by atoms with E-state index < -0.39 is 0 Å². The first-order valence-corrected chi connectivity index (χ1v) is 13.9. The third kappa shape index (κ3) is 2.55. The molecule has 0 saturated heterocycles. The van der Waals surface area contributed by atoms with Crippen molar-refractivity contribution in [2.24, 2.45) is 56.2 Å². The molecule has 5 aliphatic carbocycles. The molecular weight excluding hydrogens is 392 g/mol. The van der Waals surface area contributed by atoms with E-state index in [0.29, 0.717) is 45.2 Å². The zero-order chi connectivity index (χ0) is 23.5. The van der Waals surface area contributed by atoms with Gasteiger partial charge in [0.25, 0.3) is 0 Å². The molecule has 5 fully saturated rings. The summed E-state index contributed by atoms with van der Waals surface area (Å²) in [5.74, 6) is 3.05. The van der Waals surface area contributed by atoms with Gasteiger partial charge in [0.2, 0.25) is 0 Å². The summed E-state index contributed by atoms with van der Waals surface area (Å²) in [5.41, 5.74) is 1.27. The molecule has 0 heterocycles. The number of hydrogen-bond donors (Lipinski definition) is 1. The highest BCUT2D eigenvalue weighted by molar-refractivity contribution is 5.83. The monoisotopic (exact) mass is 442 g/mol. The summed E-state index contributed by atoms with van der Waals surface area (Å²) < 4.78 is 0. The molecule has 5 rings (SSSR count). The SMILES string of the molecule is CC(=O)[C@]1(C)CC[C@]2(C)CC[C@]3(C)[C@H](CC[C@@H]4[C@@]5(C)CC[C@H](O)C(C)(C)[C@H]5CC[C@]43C)[C@H]21. The molecule has 0 aromatic heterocycles. The van der Waals surface area contributed by atoms with Crippen molar-refractivity contribution in [3.05, 3.63) is 0 Å². The van der Waals surface area contributed by atoms with Gasteiger partial charge in [-0.25, -0.2) is 0 Å². The predicted molar refractivity (Wildman–Crippen MR) is 131 cm³/mol. The second kappa shape index (κ2) is 6.64. The molecule has 2 nitrogen and oxygen atoms in total. The van der Waals surface area contributed by atoms with E-state index in [0.717, 1.165) is 18.8 Å². The largest absolute Gasteiger partial charge is 0.393 e. The van der Waals surface area contributed by atoms with Gasteiger partial charge in [0.05, 0.1) is 6.10 Å². The molecule has 1 N–H and O–H groups in total. The first kappa shape index (κ1) is 23.4. The van der Waals surface area contributed by atoms with Crippen LogP contribution in [0.4, 0.5) is 0 Å². The Hall–Kier alpha value is -0.370. The summed E-state index contributed by atoms with van der Waals surface area (Å²) in [6.07, 6.45) is 12.2. The van der Waals surface area contributed by atoms with Gasteiger partial charge in [0, 0.05) is 5.41 Å². The molecule has 0 bridgehead atoms. The van der Waals surface area contributed by atoms with E-state index in [-0.39, 0.29) is 16.9 Å². The van der Waals surface area contributed by atoms with Gasteiger partial charge in [0.1, 0.15) is 5.78 Å². The number of hydrogen-bond acceptors (Lipinski definition) is 2. The van der Waals surface area contributed by atoms with Crippen LogP contribution in [-0.4, -0.2) is 17.0 Å². The Bertz CT molecular complexity index is 816. The van der Waals surface area contributed by atoms with Crippen molar-refractivity contribution in [1.82, 2.24) is 0 Å². The number of fused-ring (bicyclic) bond motifs is 7. The molecule has 10 atom stereocenters. The van der Waals surface area contributed by atoms with Gasteiger partial charge >= 0.3 is 0 Å². The molecule has 0 spiro atoms. The van der Waals surface area contributed by atoms with Crippen LogP contribution in [0.5, 0.6) is 0 Å². The minimum absolute atomic E-state index is 0.0237. The average Bonchev–Trinajstić information content (AvgIpc) is 2.99. The fraction of sp³-hybridized carbons (Fsp3) is 0.967. The van der Waals surface area contributed by atoms with Crippen LogP contribution in [0.3, 0.4) is 0 Å². The Morgan fingerprint density at radius 2 is 1.38 bits per heavy atom. The minimum atomic E-state index is -0.151. The van der Waals surface area contributed by atoms with Crippen molar-refractivity contribution < 1.29 is 9.90 Å². The van der Waals surface area contributed by atoms with Crippen LogP contribution < -0.4 is 0 Å². The van der Waals surface area contributed by atoms with Crippen molar-refractivity contribution in [2.45, 2.75) is 126 Å². The number of carbonyl (C=O) groups is 1. The third-order valence-corrected chi connectivity index (χ3v) is 14.0. The highest BCUT2D eigenvalue weighted by Gasteiger charge is 2.71. The standard InChI is InChI=1S/C30H50O2/c1-19(31)27(5)17-15-26(4)16-18-29(7)20(24(26)27)9-10-22-28(6)13-12-23(32)25(2,3)21(28)11-14-30(22,29)8/h20-24,32H,9-18H2,1-8H3/t20-,21-,22-,23+,24-,26-,27+,28+,29-,30-/m1/s1. The molecule has 5 saturated carbocycles. The van der Waals surface area contributed by atoms with Gasteiger partial charge in [-0.2, -0.15) is 0 Å². The van der Waals surface area contributed by atoms with E-state index in [9.17, 15) is 9.90 Å². The molecule has 0 aromatic carbocycles. The second-order valence-electron chi connectivity index (χ2n) is 15.1. The zero-order valence-electron chi connectivity index (χ0n) is 22.3. The Balaban J connectivity index is 1.57. The predicted octanol–water partition coefficient (Wildman–Crippen LogP) is 7.43. The van der Waals surface area contributed by atoms with Crippen molar-refractivity contribution in [3.8, 4) is 0 Å². The summed E-state index contributed by atoms with van der Waals surface area (Å²) in [4.78, 5) is 13.0. The van der Waals surface area contributed by atoms with Gasteiger partial charge in [0.15, 0.2) is 0 Å². The van der Waals surface area contributed by atoms with Crippen molar-refractivity contribution >= 4 is 5.78 Å². The smallest absolute Gasteiger partial charge is 0.135 e. The van der Waals surface area contributed by atoms with Crippen molar-refractivity contribution in [2.75, 3.05) is 0 Å². The lowest BCUT2D eigenvalue weighted by atomic mass is 9.32. The van der Waals surface area contributed by atoms with Crippen LogP contribution in [0, 0.1) is 56.2 Å². The van der Waals surface area contributed by atoms with Gasteiger partial charge in [-0.15, -0.1) is 0 Å². The number of rotatable bonds is 1. The fourth-order valence-corrected chi connectivity index (χ4v) is 11.7. The molecule has 0 aliphatic heterocycles. The van der Waals surface area contributed by atoms with Gasteiger partial charge in [-0.1, -0.05) is 48.5 Å². The number of aliphatic hydroxyl groups excluding tert-OH is 1. The lowest BCUT2D eigenvalue weighted by molar-refractivity contribution is -0.250. The summed E-state index contributed by atoms with van der Waals surface area (Å²) in [5, 5.41) is 10.9. The van der Waals surface area contributed by atoms with E-state index >= 15 is 0 Å². The van der Waals surface area contributed by atoms with E-state index in [1.807, 2.05) is 6.92 Å². The number of aliphatic hydroxyl groups is 1. The van der Waals surface area contributed by atoms with Crippen LogP contribution in [0.1, 0.15) is 120 Å². The molecule has 32 heavy (non-hydrogen) atoms. The minimum Gasteiger partial charge on any atom is -0.393 e. The summed E-state index contributed by atoms with van der Waals surface area (Å²) in [6, 6.07) is 0. The Labute approximate surface area is 197 Å². The first-order valence-electron chi connectivity index (χ1n) is 13.9. The summed E-state index contributed by atoms with van der Waals surface area (Å²) in [6.45, 7) is 19.4. The normalized spacial score (nSPS) is 58.8. The maximum absolute atomic E-state index is 13.0. The summed E-state index contributed by atoms with van der Waals surface area (Å²) in [7, 11) is 0. The van der Waals surface area contributed by atoms with E-state index in [4.69, 9.17) is 0 Å². The van der Waals surface area contributed by atoms with Crippen LogP contribution in [0.2, 0.25) is 0 Å². The highest BCUT2D eigenvalue weighted by Crippen LogP contribution is 2.78. The van der Waals surface area contributed by atoms with Crippen molar-refractivity contribution in [1.29, 1.82) is 0 Å². The molecule has 0 radical (unpaired) electrons. The summed E-state index contributed by atoms with van der Waals surface area (Å²) >= 11 is 0. The second-order valence-corrected chi connectivity index (χ2v) is 15.1. The van der Waals surface area contributed by atoms with Crippen LogP contribution in [-0.2, 0) is 4.79 Å². The van der Waals surface area contributed by atoms with Crippen molar-refractivity contribution in [3.63, 3.8) is 0 Å². The molecular formula is C30H50O2. The topological polar surface area (TPSA) is 37.3 Å². The molecule has 182 valence electrons. The zero-order valence-corrected chi connectivity index (χ0v) is 22.3. The molecule has 5 aliphatic rings. The Morgan fingerprint density at radius 1 is 0.719 bits per heavy atom. The van der Waals surface area contributed by atoms with E-state index in [1.165, 1.54) is 51.4 Å². The van der Waals surface area contributed by atoms with E-state index in [2.05, 4.69) is 48.5 Å². The third-order valence-electron chi connectivity index (χ3n) is 14.0. The highest BCUT2D eigenvalue weighted by atomic mass is 16.3. The lowest BCUT2D eigenvalue weighted by Crippen LogP contribution is -2.67. The quantitative estimate of drug-likeness (QED) is 0.458. The molecule has 0 aromatic rings. The van der Waals surface area contributed by atoms with Gasteiger partial charge in [-0.05, 0) is 122 Å². The van der Waals surface area contributed by atoms with Gasteiger partial charge in [-0.3, -0.25) is 4.79 Å². The van der Waals surface area contributed by atoms with Crippen LogP contribution >= 0.6 is 0 Å². The lowest BCUT2D eigenvalue weighted by Gasteiger charge is -2.73. The number of carbonyl (C=O) groups excluding carboxylic acids is 1. The Kier molecular flexibility index (Phi) is 4.85. The van der Waals surface area contributed by atoms with Gasteiger partial charge < -0.3 is 5.11 Å². The van der Waals surface area contributed by atoms with Crippen LogP contribution in [0.25, 0.3) is 0 Å².